The number of fused-ring (bicyclic) bond motifs is 6. The third kappa shape index (κ3) is 2.61. The molecule has 158 valence electrons. The van der Waals surface area contributed by atoms with Crippen molar-refractivity contribution in [2.75, 3.05) is 0 Å². The van der Waals surface area contributed by atoms with Crippen LogP contribution in [0, 0.1) is 28.6 Å². The maximum absolute atomic E-state index is 12.4. The van der Waals surface area contributed by atoms with E-state index in [9.17, 15) is 14.4 Å². The van der Waals surface area contributed by atoms with Crippen LogP contribution in [0.25, 0.3) is 0 Å². The summed E-state index contributed by atoms with van der Waals surface area (Å²) in [6, 6.07) is 0. The van der Waals surface area contributed by atoms with Crippen molar-refractivity contribution in [3.63, 3.8) is 0 Å². The zero-order chi connectivity index (χ0) is 20.6. The topological polar surface area (TPSA) is 60.4 Å². The van der Waals surface area contributed by atoms with Crippen LogP contribution >= 0.6 is 11.8 Å². The Morgan fingerprint density at radius 1 is 1.07 bits per heavy atom. The fourth-order valence-corrected chi connectivity index (χ4v) is 9.46. The number of ether oxygens (including phenoxy) is 1. The molecule has 3 saturated carbocycles. The van der Waals surface area contributed by atoms with Crippen molar-refractivity contribution in [2.45, 2.75) is 89.4 Å². The summed E-state index contributed by atoms with van der Waals surface area (Å²) in [6.07, 6.45) is 10.3. The molecule has 1 saturated heterocycles. The largest absolute Gasteiger partial charge is 0.458 e. The van der Waals surface area contributed by atoms with Gasteiger partial charge in [-0.3, -0.25) is 14.4 Å². The second kappa shape index (κ2) is 6.45. The lowest BCUT2D eigenvalue weighted by molar-refractivity contribution is -0.167. The summed E-state index contributed by atoms with van der Waals surface area (Å²) in [6.45, 7) is 6.36. The van der Waals surface area contributed by atoms with E-state index in [0.717, 1.165) is 44.9 Å². The van der Waals surface area contributed by atoms with Crippen LogP contribution in [0.2, 0.25) is 0 Å². The first-order valence-corrected chi connectivity index (χ1v) is 12.2. The Hall–Kier alpha value is -1.10. The Morgan fingerprint density at radius 3 is 2.52 bits per heavy atom. The molecule has 0 amide bonds. The van der Waals surface area contributed by atoms with E-state index in [1.165, 1.54) is 17.3 Å². The summed E-state index contributed by atoms with van der Waals surface area (Å²) >= 11 is 1.39. The van der Waals surface area contributed by atoms with Crippen LogP contribution in [0.15, 0.2) is 11.6 Å². The molecule has 1 spiro atoms. The average Bonchev–Trinajstić information content (AvgIpc) is 3.17. The molecule has 5 aliphatic rings. The van der Waals surface area contributed by atoms with E-state index < -0.39 is 0 Å². The number of carbonyl (C=O) groups is 3. The van der Waals surface area contributed by atoms with E-state index in [1.807, 2.05) is 6.08 Å². The Morgan fingerprint density at radius 2 is 1.83 bits per heavy atom. The fourth-order valence-electron chi connectivity index (χ4n) is 8.24. The summed E-state index contributed by atoms with van der Waals surface area (Å²) < 4.78 is 6.04. The van der Waals surface area contributed by atoms with Crippen molar-refractivity contribution in [3.05, 3.63) is 11.6 Å². The minimum absolute atomic E-state index is 0.0152. The molecular weight excluding hydrogens is 384 g/mol. The summed E-state index contributed by atoms with van der Waals surface area (Å²) in [7, 11) is 0. The highest BCUT2D eigenvalue weighted by atomic mass is 32.2. The number of hydrogen-bond donors (Lipinski definition) is 0. The molecule has 0 radical (unpaired) electrons. The molecule has 4 nitrogen and oxygen atoms in total. The average molecular weight is 417 g/mol. The lowest BCUT2D eigenvalue weighted by Gasteiger charge is -2.60. The van der Waals surface area contributed by atoms with Crippen molar-refractivity contribution in [1.82, 2.24) is 0 Å². The highest BCUT2D eigenvalue weighted by Crippen LogP contribution is 2.70. The molecule has 0 aromatic rings. The fraction of sp³-hybridized carbons (Fsp3) is 0.792. The van der Waals surface area contributed by atoms with E-state index in [0.29, 0.717) is 30.6 Å². The number of thioether (sulfide) groups is 1. The lowest BCUT2D eigenvalue weighted by Crippen LogP contribution is -2.57. The summed E-state index contributed by atoms with van der Waals surface area (Å²) in [5.41, 5.74) is 1.05. The molecule has 0 N–H and O–H groups in total. The Balaban J connectivity index is 1.50. The van der Waals surface area contributed by atoms with Gasteiger partial charge in [-0.1, -0.05) is 31.2 Å². The van der Waals surface area contributed by atoms with Gasteiger partial charge in [0.25, 0.3) is 0 Å². The van der Waals surface area contributed by atoms with Crippen molar-refractivity contribution in [1.29, 1.82) is 0 Å². The molecule has 7 atom stereocenters. The van der Waals surface area contributed by atoms with E-state index in [-0.39, 0.29) is 38.5 Å². The van der Waals surface area contributed by atoms with E-state index in [1.54, 1.807) is 6.92 Å². The molecule has 5 rings (SSSR count). The second-order valence-electron chi connectivity index (χ2n) is 10.6. The maximum Gasteiger partial charge on any atom is 0.306 e. The molecule has 4 aliphatic carbocycles. The second-order valence-corrected chi connectivity index (χ2v) is 12.0. The van der Waals surface area contributed by atoms with Crippen molar-refractivity contribution >= 4 is 28.6 Å². The van der Waals surface area contributed by atoms with Crippen LogP contribution in [0.5, 0.6) is 0 Å². The first-order valence-electron chi connectivity index (χ1n) is 11.3. The lowest BCUT2D eigenvalue weighted by atomic mass is 9.46. The van der Waals surface area contributed by atoms with Crippen LogP contribution < -0.4 is 0 Å². The van der Waals surface area contributed by atoms with Crippen molar-refractivity contribution in [3.8, 4) is 0 Å². The van der Waals surface area contributed by atoms with Gasteiger partial charge < -0.3 is 4.74 Å². The van der Waals surface area contributed by atoms with Crippen molar-refractivity contribution in [2.24, 2.45) is 28.6 Å². The van der Waals surface area contributed by atoms with E-state index in [4.69, 9.17) is 4.74 Å². The highest BCUT2D eigenvalue weighted by Gasteiger charge is 2.67. The van der Waals surface area contributed by atoms with Gasteiger partial charge >= 0.3 is 5.97 Å². The molecule has 0 aromatic heterocycles. The zero-order valence-electron chi connectivity index (χ0n) is 17.8. The van der Waals surface area contributed by atoms with E-state index >= 15 is 0 Å². The summed E-state index contributed by atoms with van der Waals surface area (Å²) in [5, 5.41) is 0.176. The Kier molecular flexibility index (Phi) is 4.41. The molecule has 1 aliphatic heterocycles. The summed E-state index contributed by atoms with van der Waals surface area (Å²) in [4.78, 5) is 36.4. The number of ketones is 1. The van der Waals surface area contributed by atoms with Crippen LogP contribution in [0.4, 0.5) is 0 Å². The number of carbonyl (C=O) groups excluding carboxylic acids is 3. The van der Waals surface area contributed by atoms with Gasteiger partial charge in [0.15, 0.2) is 10.9 Å². The van der Waals surface area contributed by atoms with Crippen LogP contribution in [0.3, 0.4) is 0 Å². The van der Waals surface area contributed by atoms with Crippen LogP contribution in [0.1, 0.15) is 78.6 Å². The van der Waals surface area contributed by atoms with Gasteiger partial charge in [-0.25, -0.2) is 0 Å². The molecule has 4 fully saturated rings. The SMILES string of the molecule is CC(=O)SC1CC(=O)C=C2CCC3C(CCC4(C)C3CC[C@@]43CCC(=O)O3)C21C. The van der Waals surface area contributed by atoms with Crippen LogP contribution in [-0.4, -0.2) is 27.7 Å². The Bertz CT molecular complexity index is 818. The van der Waals surface area contributed by atoms with Crippen molar-refractivity contribution < 1.29 is 19.1 Å². The number of esters is 1. The minimum atomic E-state index is -0.243. The molecular formula is C24H32O4S. The van der Waals surface area contributed by atoms with Crippen LogP contribution in [-0.2, 0) is 19.1 Å². The zero-order valence-corrected chi connectivity index (χ0v) is 18.6. The maximum atomic E-state index is 12.4. The number of rotatable bonds is 1. The molecule has 6 unspecified atom stereocenters. The first-order chi connectivity index (χ1) is 13.7. The molecule has 5 heteroatoms. The third-order valence-electron chi connectivity index (χ3n) is 9.68. The number of hydrogen-bond acceptors (Lipinski definition) is 5. The van der Waals surface area contributed by atoms with Gasteiger partial charge in [-0.15, -0.1) is 0 Å². The van der Waals surface area contributed by atoms with Gasteiger partial charge in [-0.05, 0) is 68.8 Å². The molecule has 1 heterocycles. The van der Waals surface area contributed by atoms with E-state index in [2.05, 4.69) is 13.8 Å². The summed E-state index contributed by atoms with van der Waals surface area (Å²) in [5.74, 6) is 1.85. The van der Waals surface area contributed by atoms with Gasteiger partial charge in [-0.2, -0.15) is 0 Å². The minimum Gasteiger partial charge on any atom is -0.458 e. The third-order valence-corrected chi connectivity index (χ3v) is 10.9. The first kappa shape index (κ1) is 19.8. The van der Waals surface area contributed by atoms with Gasteiger partial charge in [0, 0.05) is 35.8 Å². The molecule has 29 heavy (non-hydrogen) atoms. The quantitative estimate of drug-likeness (QED) is 0.572. The number of allylic oxidation sites excluding steroid dienone is 1. The highest BCUT2D eigenvalue weighted by molar-refractivity contribution is 8.14. The molecule has 0 bridgehead atoms. The van der Waals surface area contributed by atoms with Gasteiger partial charge in [0.05, 0.1) is 0 Å². The monoisotopic (exact) mass is 416 g/mol. The smallest absolute Gasteiger partial charge is 0.306 e. The van der Waals surface area contributed by atoms with Gasteiger partial charge in [0.2, 0.25) is 0 Å². The Labute approximate surface area is 177 Å². The predicted molar refractivity (Wildman–Crippen MR) is 112 cm³/mol. The van der Waals surface area contributed by atoms with Gasteiger partial charge in [0.1, 0.15) is 5.60 Å². The predicted octanol–water partition coefficient (Wildman–Crippen LogP) is 4.85. The molecule has 0 aromatic carbocycles. The normalized spacial score (nSPS) is 48.6. The standard InChI is InChI=1S/C24H32O4S/c1-14(25)29-20-13-16(26)12-15-4-5-17-18-7-10-24(11-8-21(27)28-24)22(18,2)9-6-19(17)23(15,20)3/h12,17-20H,4-11,13H2,1-3H3/t17?,18?,19?,20?,22?,23?,24-/m1/s1.